The Labute approximate surface area is 245 Å². The second-order valence-electron chi connectivity index (χ2n) is 9.80. The van der Waals surface area contributed by atoms with Crippen molar-refractivity contribution in [2.45, 2.75) is 20.1 Å². The monoisotopic (exact) mass is 578 g/mol. The Morgan fingerprint density at radius 2 is 1.55 bits per heavy atom. The minimum Gasteiger partial charge on any atom is -0.465 e. The lowest BCUT2D eigenvalue weighted by atomic mass is 9.97. The minimum atomic E-state index is -1.24. The third kappa shape index (κ3) is 4.29. The summed E-state index contributed by atoms with van der Waals surface area (Å²) in [7, 11) is 2.43. The number of amides is 1. The summed E-state index contributed by atoms with van der Waals surface area (Å²) in [5, 5.41) is 2.67. The van der Waals surface area contributed by atoms with Crippen molar-refractivity contribution >= 4 is 55.6 Å². The number of carbonyl (C=O) groups excluding carboxylic acids is 3. The fraction of sp³-hybridized carbons (Fsp3) is 0.152. The second-order valence-corrected chi connectivity index (χ2v) is 10.8. The Hall–Kier alpha value is -5.02. The van der Waals surface area contributed by atoms with Crippen LogP contribution >= 0.6 is 11.3 Å². The number of carbonyl (C=O) groups is 3. The molecule has 1 unspecified atom stereocenters. The molecule has 1 atom stereocenters. The molecule has 0 radical (unpaired) electrons. The van der Waals surface area contributed by atoms with Crippen LogP contribution in [0.2, 0.25) is 0 Å². The Kier molecular flexibility index (Phi) is 6.96. The summed E-state index contributed by atoms with van der Waals surface area (Å²) in [6, 6.07) is 21.8. The molecule has 0 N–H and O–H groups in total. The third-order valence-electron chi connectivity index (χ3n) is 7.34. The number of ether oxygens (including phenoxy) is 3. The summed E-state index contributed by atoms with van der Waals surface area (Å²) in [6.45, 7) is 3.89. The van der Waals surface area contributed by atoms with Crippen LogP contribution in [0.1, 0.15) is 39.0 Å². The van der Waals surface area contributed by atoms with Gasteiger partial charge in [-0.3, -0.25) is 14.7 Å². The largest absolute Gasteiger partial charge is 0.465 e. The maximum absolute atomic E-state index is 14.4. The summed E-state index contributed by atoms with van der Waals surface area (Å²) >= 11 is 1.34. The van der Waals surface area contributed by atoms with E-state index in [2.05, 4.69) is 4.98 Å². The maximum atomic E-state index is 14.4. The van der Waals surface area contributed by atoms with E-state index in [1.165, 1.54) is 30.5 Å². The number of pyridine rings is 1. The van der Waals surface area contributed by atoms with Gasteiger partial charge < -0.3 is 14.2 Å². The van der Waals surface area contributed by atoms with E-state index in [4.69, 9.17) is 14.2 Å². The molecule has 6 rings (SSSR count). The Bertz CT molecular complexity index is 1920. The van der Waals surface area contributed by atoms with Gasteiger partial charge in [-0.1, -0.05) is 65.9 Å². The number of benzene rings is 3. The summed E-state index contributed by atoms with van der Waals surface area (Å²) in [5.41, 5.74) is 2.46. The van der Waals surface area contributed by atoms with Gasteiger partial charge in [-0.25, -0.2) is 9.59 Å². The SMILES string of the molecule is COC(=O)C1=C(C(=O)OC)N(C(=O)c2ccccc2)C(c2nccc3ccccc23)Oc2sc3c(C)ccc(C)c3c21. The number of fused-ring (bicyclic) bond motifs is 4. The van der Waals surface area contributed by atoms with Crippen molar-refractivity contribution in [1.29, 1.82) is 0 Å². The molecule has 0 fully saturated rings. The molecule has 3 aromatic carbocycles. The first-order chi connectivity index (χ1) is 20.3. The number of hydrogen-bond donors (Lipinski definition) is 0. The van der Waals surface area contributed by atoms with Crippen molar-refractivity contribution in [3.8, 4) is 5.06 Å². The molecule has 0 aliphatic carbocycles. The molecule has 210 valence electrons. The van der Waals surface area contributed by atoms with E-state index in [9.17, 15) is 14.4 Å². The third-order valence-corrected chi connectivity index (χ3v) is 8.55. The Morgan fingerprint density at radius 3 is 2.29 bits per heavy atom. The van der Waals surface area contributed by atoms with Gasteiger partial charge in [-0.15, -0.1) is 0 Å². The predicted molar refractivity (Wildman–Crippen MR) is 160 cm³/mol. The lowest BCUT2D eigenvalue weighted by molar-refractivity contribution is -0.140. The molecule has 42 heavy (non-hydrogen) atoms. The van der Waals surface area contributed by atoms with E-state index in [1.807, 2.05) is 56.3 Å². The van der Waals surface area contributed by atoms with E-state index in [-0.39, 0.29) is 16.8 Å². The van der Waals surface area contributed by atoms with Crippen LogP contribution in [0.4, 0.5) is 0 Å². The molecule has 1 aliphatic rings. The van der Waals surface area contributed by atoms with E-state index in [0.29, 0.717) is 16.3 Å². The average Bonchev–Trinajstić information content (AvgIpc) is 3.34. The highest BCUT2D eigenvalue weighted by molar-refractivity contribution is 7.21. The highest BCUT2D eigenvalue weighted by atomic mass is 32.1. The zero-order valence-electron chi connectivity index (χ0n) is 23.3. The van der Waals surface area contributed by atoms with Crippen molar-refractivity contribution in [1.82, 2.24) is 9.88 Å². The molecule has 9 heteroatoms. The molecule has 0 saturated heterocycles. The summed E-state index contributed by atoms with van der Waals surface area (Å²) in [4.78, 5) is 47.8. The maximum Gasteiger partial charge on any atom is 0.355 e. The van der Waals surface area contributed by atoms with Crippen molar-refractivity contribution in [3.63, 3.8) is 0 Å². The van der Waals surface area contributed by atoms with Gasteiger partial charge in [0.1, 0.15) is 17.0 Å². The number of aromatic nitrogens is 1. The van der Waals surface area contributed by atoms with E-state index in [0.717, 1.165) is 32.0 Å². The first-order valence-corrected chi connectivity index (χ1v) is 14.0. The van der Waals surface area contributed by atoms with E-state index in [1.54, 1.807) is 36.5 Å². The van der Waals surface area contributed by atoms with Crippen molar-refractivity contribution in [3.05, 3.63) is 113 Å². The fourth-order valence-corrected chi connectivity index (χ4v) is 6.56. The van der Waals surface area contributed by atoms with Crippen LogP contribution < -0.4 is 4.74 Å². The van der Waals surface area contributed by atoms with E-state index < -0.39 is 24.1 Å². The van der Waals surface area contributed by atoms with Gasteiger partial charge in [0.25, 0.3) is 5.91 Å². The molecule has 5 aromatic rings. The highest BCUT2D eigenvalue weighted by Crippen LogP contribution is 2.51. The molecule has 0 spiro atoms. The normalized spacial score (nSPS) is 14.8. The van der Waals surface area contributed by atoms with Gasteiger partial charge in [-0.05, 0) is 48.6 Å². The number of methoxy groups -OCH3 is 2. The van der Waals surface area contributed by atoms with Crippen molar-refractivity contribution in [2.75, 3.05) is 14.2 Å². The molecule has 3 heterocycles. The van der Waals surface area contributed by atoms with Gasteiger partial charge in [0.2, 0.25) is 6.23 Å². The van der Waals surface area contributed by atoms with Gasteiger partial charge in [0.05, 0.1) is 19.8 Å². The zero-order valence-corrected chi connectivity index (χ0v) is 24.2. The summed E-state index contributed by atoms with van der Waals surface area (Å²) in [5.74, 6) is -2.28. The molecule has 1 amide bonds. The first kappa shape index (κ1) is 27.2. The minimum absolute atomic E-state index is 0.119. The molecule has 0 saturated carbocycles. The number of nitrogens with zero attached hydrogens (tertiary/aromatic N) is 2. The van der Waals surface area contributed by atoms with Crippen molar-refractivity contribution < 1.29 is 28.6 Å². The number of rotatable bonds is 4. The summed E-state index contributed by atoms with van der Waals surface area (Å²) in [6.07, 6.45) is 0.382. The van der Waals surface area contributed by atoms with Crippen LogP contribution in [0.5, 0.6) is 5.06 Å². The number of esters is 2. The number of thiophene rings is 1. The number of aryl methyl sites for hydroxylation is 2. The van der Waals surface area contributed by atoms with Crippen molar-refractivity contribution in [2.24, 2.45) is 0 Å². The Morgan fingerprint density at radius 1 is 0.857 bits per heavy atom. The zero-order chi connectivity index (χ0) is 29.5. The van der Waals surface area contributed by atoms with Gasteiger partial charge in [-0.2, -0.15) is 0 Å². The van der Waals surface area contributed by atoms with Crippen LogP contribution in [-0.2, 0) is 19.1 Å². The molecule has 0 bridgehead atoms. The van der Waals surface area contributed by atoms with Gasteiger partial charge in [0.15, 0.2) is 5.06 Å². The number of hydrogen-bond acceptors (Lipinski definition) is 8. The van der Waals surface area contributed by atoms with Crippen LogP contribution in [0.25, 0.3) is 26.4 Å². The first-order valence-electron chi connectivity index (χ1n) is 13.2. The Balaban J connectivity index is 1.78. The molecule has 8 nitrogen and oxygen atoms in total. The standard InChI is InChI=1S/C33H26N2O6S/c1-18-14-15-19(2)28-23(18)24-25(31(37)39-3)27(32(38)40-4)35(29(36)21-11-6-5-7-12-21)30(41-33(24)42-28)26-22-13-9-8-10-20(22)16-17-34-26/h5-17,30H,1-4H3. The van der Waals surface area contributed by atoms with Crippen LogP contribution in [0, 0.1) is 13.8 Å². The lowest BCUT2D eigenvalue weighted by Crippen LogP contribution is -2.40. The molecule has 2 aromatic heterocycles. The lowest BCUT2D eigenvalue weighted by Gasteiger charge is -2.31. The van der Waals surface area contributed by atoms with Crippen LogP contribution in [-0.4, -0.2) is 41.9 Å². The van der Waals surface area contributed by atoms with Crippen LogP contribution in [0.15, 0.2) is 84.7 Å². The molecule has 1 aliphatic heterocycles. The topological polar surface area (TPSA) is 95.0 Å². The average molecular weight is 579 g/mol. The van der Waals surface area contributed by atoms with Gasteiger partial charge in [0, 0.05) is 27.2 Å². The van der Waals surface area contributed by atoms with Gasteiger partial charge >= 0.3 is 11.9 Å². The molecular formula is C33H26N2O6S. The second kappa shape index (κ2) is 10.8. The summed E-state index contributed by atoms with van der Waals surface area (Å²) < 4.78 is 18.1. The highest BCUT2D eigenvalue weighted by Gasteiger charge is 2.45. The smallest absolute Gasteiger partial charge is 0.355 e. The quantitative estimate of drug-likeness (QED) is 0.229. The fourth-order valence-electron chi connectivity index (χ4n) is 5.34. The van der Waals surface area contributed by atoms with E-state index >= 15 is 0 Å². The predicted octanol–water partition coefficient (Wildman–Crippen LogP) is 6.36. The molecular weight excluding hydrogens is 552 g/mol. The van der Waals surface area contributed by atoms with Crippen LogP contribution in [0.3, 0.4) is 0 Å².